The highest BCUT2D eigenvalue weighted by atomic mass is 16.5. The van der Waals surface area contributed by atoms with Gasteiger partial charge in [-0.3, -0.25) is 19.6 Å². The Morgan fingerprint density at radius 1 is 1.14 bits per heavy atom. The predicted molar refractivity (Wildman–Crippen MR) is 106 cm³/mol. The van der Waals surface area contributed by atoms with E-state index in [0.29, 0.717) is 5.75 Å². The zero-order chi connectivity index (χ0) is 22.2. The summed E-state index contributed by atoms with van der Waals surface area (Å²) in [6.07, 6.45) is 0.382. The van der Waals surface area contributed by atoms with E-state index in [9.17, 15) is 19.5 Å². The van der Waals surface area contributed by atoms with E-state index < -0.39 is 35.3 Å². The Labute approximate surface area is 170 Å². The van der Waals surface area contributed by atoms with Crippen LogP contribution in [-0.4, -0.2) is 53.8 Å². The molecule has 0 aliphatic rings. The monoisotopic (exact) mass is 409 g/mol. The summed E-state index contributed by atoms with van der Waals surface area (Å²) in [5, 5.41) is 24.6. The van der Waals surface area contributed by atoms with Gasteiger partial charge in [-0.25, -0.2) is 5.48 Å². The maximum atomic E-state index is 12.9. The van der Waals surface area contributed by atoms with Crippen LogP contribution in [-0.2, 0) is 20.8 Å². The van der Waals surface area contributed by atoms with Crippen molar-refractivity contribution in [3.8, 4) is 5.75 Å². The molecule has 0 saturated carbocycles. The number of likely N-dealkylation sites (N-methyl/N-ethyl adjacent to an activating group) is 1. The molecule has 1 aromatic carbocycles. The molecule has 3 atom stereocenters. The van der Waals surface area contributed by atoms with E-state index >= 15 is 0 Å². The molecule has 9 heteroatoms. The summed E-state index contributed by atoms with van der Waals surface area (Å²) < 4.78 is 5.11. The highest BCUT2D eigenvalue weighted by molar-refractivity contribution is 5.94. The fraction of sp³-hybridized carbons (Fsp3) is 0.550. The minimum Gasteiger partial charge on any atom is -0.497 e. The number of rotatable bonds is 10. The minimum atomic E-state index is -2.16. The summed E-state index contributed by atoms with van der Waals surface area (Å²) in [7, 11) is 3.00. The van der Waals surface area contributed by atoms with E-state index in [4.69, 9.17) is 9.94 Å². The third-order valence-electron chi connectivity index (χ3n) is 4.74. The Hall–Kier alpha value is -2.65. The number of amides is 3. The van der Waals surface area contributed by atoms with Gasteiger partial charge in [0.2, 0.25) is 11.8 Å². The van der Waals surface area contributed by atoms with Crippen LogP contribution >= 0.6 is 0 Å². The van der Waals surface area contributed by atoms with Gasteiger partial charge < -0.3 is 20.5 Å². The molecular formula is C20H31N3O6. The van der Waals surface area contributed by atoms with Crippen LogP contribution in [0.3, 0.4) is 0 Å². The lowest BCUT2D eigenvalue weighted by atomic mass is 9.81. The first-order valence-electron chi connectivity index (χ1n) is 9.38. The summed E-state index contributed by atoms with van der Waals surface area (Å²) in [4.78, 5) is 37.2. The number of hydrogen-bond donors (Lipinski definition) is 5. The van der Waals surface area contributed by atoms with Crippen LogP contribution < -0.4 is 20.9 Å². The summed E-state index contributed by atoms with van der Waals surface area (Å²) in [6, 6.07) is 6.14. The van der Waals surface area contributed by atoms with Crippen LogP contribution in [0.5, 0.6) is 5.75 Å². The molecule has 3 amide bonds. The van der Waals surface area contributed by atoms with Crippen molar-refractivity contribution in [2.45, 2.75) is 45.3 Å². The second kappa shape index (κ2) is 10.8. The van der Waals surface area contributed by atoms with Gasteiger partial charge in [-0.1, -0.05) is 26.0 Å². The Morgan fingerprint density at radius 2 is 1.72 bits per heavy atom. The first-order chi connectivity index (χ1) is 13.6. The number of carbonyl (C=O) groups is 3. The number of methoxy groups -OCH3 is 1. The summed E-state index contributed by atoms with van der Waals surface area (Å²) in [5.41, 5.74) is 0.0270. The molecule has 0 bridgehead atoms. The Kier molecular flexibility index (Phi) is 9.06. The molecule has 0 saturated heterocycles. The number of benzene rings is 1. The second-order valence-corrected chi connectivity index (χ2v) is 7.50. The van der Waals surface area contributed by atoms with E-state index in [-0.39, 0.29) is 18.8 Å². The van der Waals surface area contributed by atoms with Gasteiger partial charge in [0.25, 0.3) is 5.91 Å². The highest BCUT2D eigenvalue weighted by Gasteiger charge is 2.44. The maximum Gasteiger partial charge on any atom is 0.275 e. The van der Waals surface area contributed by atoms with Crippen LogP contribution in [0.2, 0.25) is 0 Å². The van der Waals surface area contributed by atoms with E-state index in [2.05, 4.69) is 10.6 Å². The van der Waals surface area contributed by atoms with Crippen molar-refractivity contribution in [2.24, 2.45) is 11.8 Å². The lowest BCUT2D eigenvalue weighted by Gasteiger charge is -2.32. The van der Waals surface area contributed by atoms with Crippen LogP contribution in [0.25, 0.3) is 0 Å². The van der Waals surface area contributed by atoms with Crippen molar-refractivity contribution in [3.05, 3.63) is 29.8 Å². The van der Waals surface area contributed by atoms with E-state index in [1.807, 2.05) is 13.8 Å². The smallest absolute Gasteiger partial charge is 0.275 e. The van der Waals surface area contributed by atoms with Gasteiger partial charge in [0.1, 0.15) is 11.8 Å². The van der Waals surface area contributed by atoms with Crippen LogP contribution in [0.1, 0.15) is 32.8 Å². The van der Waals surface area contributed by atoms with Crippen LogP contribution in [0, 0.1) is 11.8 Å². The highest BCUT2D eigenvalue weighted by Crippen LogP contribution is 2.25. The van der Waals surface area contributed by atoms with E-state index in [1.165, 1.54) is 12.5 Å². The molecule has 5 N–H and O–H groups in total. The number of hydroxylamine groups is 1. The number of ether oxygens (including phenoxy) is 1. The Morgan fingerprint density at radius 3 is 2.17 bits per heavy atom. The first-order valence-corrected chi connectivity index (χ1v) is 9.38. The van der Waals surface area contributed by atoms with Crippen molar-refractivity contribution in [2.75, 3.05) is 14.2 Å². The van der Waals surface area contributed by atoms with Gasteiger partial charge >= 0.3 is 0 Å². The topological polar surface area (TPSA) is 137 Å². The van der Waals surface area contributed by atoms with Crippen molar-refractivity contribution in [3.63, 3.8) is 0 Å². The van der Waals surface area contributed by atoms with Gasteiger partial charge in [-0.15, -0.1) is 0 Å². The Bertz CT molecular complexity index is 703. The Balaban J connectivity index is 3.08. The summed E-state index contributed by atoms with van der Waals surface area (Å²) >= 11 is 0. The van der Waals surface area contributed by atoms with Gasteiger partial charge in [0, 0.05) is 13.5 Å². The summed E-state index contributed by atoms with van der Waals surface area (Å²) in [6.45, 7) is 4.82. The average Bonchev–Trinajstić information content (AvgIpc) is 2.70. The molecule has 29 heavy (non-hydrogen) atoms. The normalized spacial score (nSPS) is 15.0. The minimum absolute atomic E-state index is 0.0243. The second-order valence-electron chi connectivity index (χ2n) is 7.50. The van der Waals surface area contributed by atoms with E-state index in [0.717, 1.165) is 12.5 Å². The van der Waals surface area contributed by atoms with Crippen molar-refractivity contribution in [1.29, 1.82) is 0 Å². The molecule has 0 heterocycles. The molecular weight excluding hydrogens is 378 g/mol. The fourth-order valence-corrected chi connectivity index (χ4v) is 2.99. The number of hydrogen-bond acceptors (Lipinski definition) is 6. The molecule has 1 aromatic rings. The number of carbonyl (C=O) groups excluding carboxylic acids is 3. The quantitative estimate of drug-likeness (QED) is 0.280. The van der Waals surface area contributed by atoms with Gasteiger partial charge in [-0.2, -0.15) is 0 Å². The standard InChI is InChI=1S/C20H31N3O6/c1-12(2)10-15(20(3,27)19(26)23-28)17(24)22-16(18(25)21-4)11-13-6-8-14(29-5)9-7-13/h6-9,12,15-16,27-28H,10-11H2,1-5H3,(H,21,25)(H,22,24)(H,23,26)/t15-,16-,20?/m0/s1. The first kappa shape index (κ1) is 24.4. The molecule has 0 radical (unpaired) electrons. The molecule has 0 aliphatic heterocycles. The molecule has 162 valence electrons. The van der Waals surface area contributed by atoms with Crippen molar-refractivity contribution < 1.29 is 29.4 Å². The lowest BCUT2D eigenvalue weighted by Crippen LogP contribution is -2.57. The third-order valence-corrected chi connectivity index (χ3v) is 4.74. The largest absolute Gasteiger partial charge is 0.497 e. The third kappa shape index (κ3) is 6.72. The molecule has 9 nitrogen and oxygen atoms in total. The van der Waals surface area contributed by atoms with Gasteiger partial charge in [0.15, 0.2) is 5.60 Å². The molecule has 0 fully saturated rings. The van der Waals surface area contributed by atoms with Crippen molar-refractivity contribution in [1.82, 2.24) is 16.1 Å². The fourth-order valence-electron chi connectivity index (χ4n) is 2.99. The van der Waals surface area contributed by atoms with Crippen LogP contribution in [0.4, 0.5) is 0 Å². The zero-order valence-corrected chi connectivity index (χ0v) is 17.5. The van der Waals surface area contributed by atoms with Crippen molar-refractivity contribution >= 4 is 17.7 Å². The molecule has 0 aromatic heterocycles. The maximum absolute atomic E-state index is 12.9. The molecule has 1 unspecified atom stereocenters. The van der Waals surface area contributed by atoms with Gasteiger partial charge in [-0.05, 0) is 37.0 Å². The summed E-state index contributed by atoms with van der Waals surface area (Å²) in [5.74, 6) is -2.69. The number of nitrogens with one attached hydrogen (secondary N) is 3. The molecule has 1 rings (SSSR count). The average molecular weight is 409 g/mol. The van der Waals surface area contributed by atoms with Gasteiger partial charge in [0.05, 0.1) is 13.0 Å². The van der Waals surface area contributed by atoms with Crippen LogP contribution in [0.15, 0.2) is 24.3 Å². The predicted octanol–water partition coefficient (Wildman–Crippen LogP) is 0.387. The zero-order valence-electron chi connectivity index (χ0n) is 17.5. The molecule has 0 spiro atoms. The molecule has 0 aliphatic carbocycles. The number of aliphatic hydroxyl groups is 1. The lowest BCUT2D eigenvalue weighted by molar-refractivity contribution is -0.159. The van der Waals surface area contributed by atoms with E-state index in [1.54, 1.807) is 31.4 Å². The SMILES string of the molecule is CNC(=O)[C@H](Cc1ccc(OC)cc1)NC(=O)[C@H](CC(C)C)C(C)(O)C(=O)NO.